The van der Waals surface area contributed by atoms with Gasteiger partial charge in [-0.05, 0) is 87.8 Å². The lowest BCUT2D eigenvalue weighted by Crippen LogP contribution is -2.49. The fraction of sp³-hybridized carbons (Fsp3) is 0.296. The SMILES string of the molecule is CCCCCCCOc1ccc(C(=O)NC(=S)NNC(=O)COc2ccc3cc(Br)ccc3c2Br)cc1. The zero-order valence-corrected chi connectivity index (χ0v) is 24.4. The van der Waals surface area contributed by atoms with Gasteiger partial charge in [-0.3, -0.25) is 25.8 Å². The van der Waals surface area contributed by atoms with E-state index in [1.165, 1.54) is 19.3 Å². The van der Waals surface area contributed by atoms with E-state index in [1.54, 1.807) is 30.3 Å². The number of hydrogen-bond donors (Lipinski definition) is 3. The van der Waals surface area contributed by atoms with Crippen molar-refractivity contribution in [3.05, 3.63) is 69.1 Å². The molecule has 3 rings (SSSR count). The first-order valence-electron chi connectivity index (χ1n) is 12.0. The molecule has 37 heavy (non-hydrogen) atoms. The van der Waals surface area contributed by atoms with E-state index >= 15 is 0 Å². The highest BCUT2D eigenvalue weighted by molar-refractivity contribution is 9.11. The molecule has 0 atom stereocenters. The molecule has 0 saturated carbocycles. The number of nitrogens with one attached hydrogen (secondary N) is 3. The molecular formula is C27H29Br2N3O4S. The summed E-state index contributed by atoms with van der Waals surface area (Å²) in [6.07, 6.45) is 5.85. The zero-order chi connectivity index (χ0) is 26.6. The molecule has 0 radical (unpaired) electrons. The minimum absolute atomic E-state index is 0.0387. The molecule has 0 aromatic heterocycles. The van der Waals surface area contributed by atoms with Crippen LogP contribution < -0.4 is 25.6 Å². The molecule has 3 aromatic carbocycles. The predicted octanol–water partition coefficient (Wildman–Crippen LogP) is 6.43. The van der Waals surface area contributed by atoms with E-state index in [-0.39, 0.29) is 11.7 Å². The summed E-state index contributed by atoms with van der Waals surface area (Å²) in [6.45, 7) is 2.60. The van der Waals surface area contributed by atoms with Crippen LogP contribution in [0.15, 0.2) is 63.5 Å². The Morgan fingerprint density at radius 1 is 0.892 bits per heavy atom. The van der Waals surface area contributed by atoms with Crippen molar-refractivity contribution < 1.29 is 19.1 Å². The van der Waals surface area contributed by atoms with Crippen molar-refractivity contribution in [2.24, 2.45) is 0 Å². The lowest BCUT2D eigenvalue weighted by Gasteiger charge is -2.13. The highest BCUT2D eigenvalue weighted by atomic mass is 79.9. The molecule has 7 nitrogen and oxygen atoms in total. The van der Waals surface area contributed by atoms with Gasteiger partial charge in [-0.2, -0.15) is 0 Å². The van der Waals surface area contributed by atoms with Gasteiger partial charge in [-0.15, -0.1) is 0 Å². The summed E-state index contributed by atoms with van der Waals surface area (Å²) in [4.78, 5) is 24.6. The van der Waals surface area contributed by atoms with Crippen LogP contribution in [-0.4, -0.2) is 30.1 Å². The third-order valence-electron chi connectivity index (χ3n) is 5.42. The molecule has 0 heterocycles. The van der Waals surface area contributed by atoms with Crippen LogP contribution in [0.4, 0.5) is 0 Å². The number of rotatable bonds is 11. The lowest BCUT2D eigenvalue weighted by atomic mass is 10.1. The largest absolute Gasteiger partial charge is 0.494 e. The van der Waals surface area contributed by atoms with E-state index in [0.29, 0.717) is 23.7 Å². The van der Waals surface area contributed by atoms with E-state index in [4.69, 9.17) is 21.7 Å². The molecule has 0 fully saturated rings. The quantitative estimate of drug-likeness (QED) is 0.126. The van der Waals surface area contributed by atoms with Crippen LogP contribution in [0.25, 0.3) is 10.8 Å². The maximum Gasteiger partial charge on any atom is 0.276 e. The molecule has 0 spiro atoms. The lowest BCUT2D eigenvalue weighted by molar-refractivity contribution is -0.123. The van der Waals surface area contributed by atoms with Crippen LogP contribution in [0.1, 0.15) is 49.4 Å². The Morgan fingerprint density at radius 2 is 1.65 bits per heavy atom. The second-order valence-electron chi connectivity index (χ2n) is 8.28. The number of thiocarbonyl (C=S) groups is 1. The van der Waals surface area contributed by atoms with E-state index in [0.717, 1.165) is 32.6 Å². The molecule has 0 unspecified atom stereocenters. The van der Waals surface area contributed by atoms with Gasteiger partial charge in [0.05, 0.1) is 11.1 Å². The fourth-order valence-corrected chi connectivity index (χ4v) is 4.59. The Hall–Kier alpha value is -2.69. The second kappa shape index (κ2) is 14.9. The van der Waals surface area contributed by atoms with Crippen LogP contribution in [0, 0.1) is 0 Å². The number of halogens is 2. The first kappa shape index (κ1) is 28.9. The number of hydrogen-bond acceptors (Lipinski definition) is 5. The maximum atomic E-state index is 12.4. The number of hydrazine groups is 1. The summed E-state index contributed by atoms with van der Waals surface area (Å²) in [5.41, 5.74) is 5.34. The number of benzene rings is 3. The topological polar surface area (TPSA) is 88.7 Å². The van der Waals surface area contributed by atoms with Gasteiger partial charge >= 0.3 is 0 Å². The number of carbonyl (C=O) groups excluding carboxylic acids is 2. The Morgan fingerprint density at radius 3 is 2.41 bits per heavy atom. The van der Waals surface area contributed by atoms with Crippen molar-refractivity contribution in [2.75, 3.05) is 13.2 Å². The first-order valence-corrected chi connectivity index (χ1v) is 14.0. The van der Waals surface area contributed by atoms with Crippen LogP contribution in [0.2, 0.25) is 0 Å². The minimum atomic E-state index is -0.462. The normalized spacial score (nSPS) is 10.6. The number of fused-ring (bicyclic) bond motifs is 1. The van der Waals surface area contributed by atoms with E-state index < -0.39 is 11.8 Å². The van der Waals surface area contributed by atoms with Crippen molar-refractivity contribution in [1.29, 1.82) is 0 Å². The third kappa shape index (κ3) is 9.28. The standard InChI is InChI=1S/C27H29Br2N3O4S/c1-2-3-4-5-6-15-35-21-11-7-18(8-12-21)26(34)30-27(37)32-31-24(33)17-36-23-14-9-19-16-20(28)10-13-22(19)25(23)29/h7-14,16H,2-6,15,17H2,1H3,(H,31,33)(H2,30,32,34,37). The fourth-order valence-electron chi connectivity index (χ4n) is 3.46. The number of amides is 2. The van der Waals surface area contributed by atoms with Crippen LogP contribution in [0.5, 0.6) is 11.5 Å². The Bertz CT molecular complexity index is 1240. The van der Waals surface area contributed by atoms with E-state index in [2.05, 4.69) is 55.0 Å². The third-order valence-corrected chi connectivity index (χ3v) is 6.93. The maximum absolute atomic E-state index is 12.4. The second-order valence-corrected chi connectivity index (χ2v) is 10.4. The van der Waals surface area contributed by atoms with E-state index in [1.807, 2.05) is 24.3 Å². The molecule has 0 bridgehead atoms. The zero-order valence-electron chi connectivity index (χ0n) is 20.4. The van der Waals surface area contributed by atoms with Crippen molar-refractivity contribution in [3.8, 4) is 11.5 Å². The Labute approximate surface area is 238 Å². The molecule has 196 valence electrons. The van der Waals surface area contributed by atoms with Crippen LogP contribution in [-0.2, 0) is 4.79 Å². The van der Waals surface area contributed by atoms with Gasteiger partial charge in [-0.25, -0.2) is 0 Å². The van der Waals surface area contributed by atoms with Gasteiger partial charge in [0.1, 0.15) is 11.5 Å². The summed E-state index contributed by atoms with van der Waals surface area (Å²) in [5, 5.41) is 4.48. The highest BCUT2D eigenvalue weighted by Gasteiger charge is 2.11. The predicted molar refractivity (Wildman–Crippen MR) is 157 cm³/mol. The van der Waals surface area contributed by atoms with Gasteiger partial charge in [0.2, 0.25) is 0 Å². The van der Waals surface area contributed by atoms with Crippen LogP contribution >= 0.6 is 44.1 Å². The average molecular weight is 651 g/mol. The first-order chi connectivity index (χ1) is 17.9. The Kier molecular flexibility index (Phi) is 11.6. The summed E-state index contributed by atoms with van der Waals surface area (Å²) >= 11 is 12.1. The smallest absolute Gasteiger partial charge is 0.276 e. The van der Waals surface area contributed by atoms with E-state index in [9.17, 15) is 9.59 Å². The molecule has 3 aromatic rings. The highest BCUT2D eigenvalue weighted by Crippen LogP contribution is 2.34. The van der Waals surface area contributed by atoms with Crippen molar-refractivity contribution in [3.63, 3.8) is 0 Å². The van der Waals surface area contributed by atoms with Gasteiger partial charge in [0.25, 0.3) is 11.8 Å². The van der Waals surface area contributed by atoms with Crippen molar-refractivity contribution >= 4 is 71.8 Å². The van der Waals surface area contributed by atoms with Gasteiger partial charge in [0, 0.05) is 10.0 Å². The molecule has 0 saturated heterocycles. The summed E-state index contributed by atoms with van der Waals surface area (Å²) in [6, 6.07) is 16.4. The number of unbranched alkanes of at least 4 members (excludes halogenated alkanes) is 4. The Balaban J connectivity index is 1.38. The molecular weight excluding hydrogens is 622 g/mol. The average Bonchev–Trinajstić information content (AvgIpc) is 2.89. The number of ether oxygens (including phenoxy) is 2. The van der Waals surface area contributed by atoms with Crippen LogP contribution in [0.3, 0.4) is 0 Å². The molecule has 0 aliphatic heterocycles. The summed E-state index contributed by atoms with van der Waals surface area (Å²) < 4.78 is 13.1. The molecule has 2 amide bonds. The minimum Gasteiger partial charge on any atom is -0.494 e. The monoisotopic (exact) mass is 649 g/mol. The summed E-state index contributed by atoms with van der Waals surface area (Å²) in [7, 11) is 0. The molecule has 0 aliphatic carbocycles. The van der Waals surface area contributed by atoms with Gasteiger partial charge < -0.3 is 9.47 Å². The molecule has 10 heteroatoms. The molecule has 3 N–H and O–H groups in total. The summed E-state index contributed by atoms with van der Waals surface area (Å²) in [5.74, 6) is 0.382. The van der Waals surface area contributed by atoms with Crippen molar-refractivity contribution in [1.82, 2.24) is 16.2 Å². The number of carbonyl (C=O) groups is 2. The van der Waals surface area contributed by atoms with Gasteiger partial charge in [0.15, 0.2) is 11.7 Å². The van der Waals surface area contributed by atoms with Gasteiger partial charge in [-0.1, -0.05) is 60.7 Å². The van der Waals surface area contributed by atoms with Crippen molar-refractivity contribution in [2.45, 2.75) is 39.0 Å². The molecule has 0 aliphatic rings.